The highest BCUT2D eigenvalue weighted by atomic mass is 32.2. The van der Waals surface area contributed by atoms with Crippen molar-refractivity contribution in [2.75, 3.05) is 11.9 Å². The van der Waals surface area contributed by atoms with E-state index in [2.05, 4.69) is 5.32 Å². The molecule has 1 aromatic heterocycles. The quantitative estimate of drug-likeness (QED) is 0.581. The second-order valence-electron chi connectivity index (χ2n) is 6.67. The number of fused-ring (bicyclic) bond motifs is 3. The number of thiophene rings is 1. The number of ether oxygens (including phenoxy) is 1. The van der Waals surface area contributed by atoms with Gasteiger partial charge < -0.3 is 10.1 Å². The lowest BCUT2D eigenvalue weighted by molar-refractivity contribution is -0.121. The van der Waals surface area contributed by atoms with Gasteiger partial charge in [0.2, 0.25) is 10.0 Å². The molecule has 31 heavy (non-hydrogen) atoms. The lowest BCUT2D eigenvalue weighted by Crippen LogP contribution is -2.33. The average Bonchev–Trinajstić information content (AvgIpc) is 3.17. The largest absolute Gasteiger partial charge is 0.488 e. The van der Waals surface area contributed by atoms with E-state index in [4.69, 9.17) is 4.74 Å². The number of para-hydroxylation sites is 1. The summed E-state index contributed by atoms with van der Waals surface area (Å²) < 4.78 is 67.8. The van der Waals surface area contributed by atoms with Crippen LogP contribution in [0.4, 0.5) is 18.9 Å². The number of alkyl halides is 3. The van der Waals surface area contributed by atoms with Gasteiger partial charge in [-0.3, -0.25) is 4.79 Å². The molecule has 0 spiro atoms. The van der Waals surface area contributed by atoms with Gasteiger partial charge in [-0.05, 0) is 42.5 Å². The molecule has 0 aliphatic carbocycles. The van der Waals surface area contributed by atoms with Gasteiger partial charge in [-0.25, -0.2) is 13.1 Å². The maximum absolute atomic E-state index is 12.6. The zero-order chi connectivity index (χ0) is 22.2. The van der Waals surface area contributed by atoms with E-state index in [0.717, 1.165) is 33.9 Å². The van der Waals surface area contributed by atoms with Gasteiger partial charge in [0.1, 0.15) is 18.9 Å². The van der Waals surface area contributed by atoms with E-state index in [9.17, 15) is 26.4 Å². The fraction of sp³-hybridized carbons (Fsp3) is 0.150. The van der Waals surface area contributed by atoms with Gasteiger partial charge in [0.15, 0.2) is 0 Å². The van der Waals surface area contributed by atoms with Crippen LogP contribution in [0, 0.1) is 0 Å². The Balaban J connectivity index is 1.47. The Kier molecular flexibility index (Phi) is 5.50. The van der Waals surface area contributed by atoms with Crippen molar-refractivity contribution in [2.45, 2.75) is 17.7 Å². The Hall–Kier alpha value is -2.89. The van der Waals surface area contributed by atoms with Crippen LogP contribution in [0.1, 0.15) is 15.2 Å². The van der Waals surface area contributed by atoms with Gasteiger partial charge in [-0.1, -0.05) is 12.1 Å². The van der Waals surface area contributed by atoms with E-state index in [1.54, 1.807) is 6.07 Å². The van der Waals surface area contributed by atoms with Crippen molar-refractivity contribution >= 4 is 33.0 Å². The van der Waals surface area contributed by atoms with Crippen LogP contribution in [0.2, 0.25) is 0 Å². The highest BCUT2D eigenvalue weighted by Crippen LogP contribution is 2.42. The number of sulfonamides is 1. The lowest BCUT2D eigenvalue weighted by Gasteiger charge is -2.16. The lowest BCUT2D eigenvalue weighted by atomic mass is 10.1. The summed E-state index contributed by atoms with van der Waals surface area (Å²) in [6.45, 7) is -1.31. The third-order valence-electron chi connectivity index (χ3n) is 4.43. The summed E-state index contributed by atoms with van der Waals surface area (Å²) >= 11 is 1.32. The average molecular weight is 468 g/mol. The maximum atomic E-state index is 12.6. The highest BCUT2D eigenvalue weighted by molar-refractivity contribution is 7.89. The topological polar surface area (TPSA) is 84.5 Å². The Bertz CT molecular complexity index is 1240. The van der Waals surface area contributed by atoms with Gasteiger partial charge >= 0.3 is 6.18 Å². The molecule has 2 N–H and O–H groups in total. The molecule has 1 aliphatic rings. The van der Waals surface area contributed by atoms with E-state index in [1.165, 1.54) is 28.2 Å². The number of carbonyl (C=O) groups is 1. The van der Waals surface area contributed by atoms with Crippen LogP contribution in [-0.4, -0.2) is 27.0 Å². The zero-order valence-corrected chi connectivity index (χ0v) is 17.3. The van der Waals surface area contributed by atoms with Gasteiger partial charge in [0.25, 0.3) is 5.91 Å². The number of carbonyl (C=O) groups excluding carboxylic acids is 1. The van der Waals surface area contributed by atoms with Crippen LogP contribution in [0.15, 0.2) is 59.5 Å². The summed E-state index contributed by atoms with van der Waals surface area (Å²) in [5.74, 6) is 0.363. The molecule has 0 fully saturated rings. The molecular formula is C20H15F3N2O4S2. The summed E-state index contributed by atoms with van der Waals surface area (Å²) in [7, 11) is -4.32. The molecule has 3 aromatic rings. The molecule has 1 amide bonds. The van der Waals surface area contributed by atoms with Crippen LogP contribution < -0.4 is 14.8 Å². The molecule has 11 heteroatoms. The smallest absolute Gasteiger partial charge is 0.402 e. The molecule has 1 aliphatic heterocycles. The molecule has 0 saturated heterocycles. The van der Waals surface area contributed by atoms with E-state index in [0.29, 0.717) is 17.2 Å². The number of nitrogens with one attached hydrogen (secondary N) is 2. The number of anilines is 1. The molecule has 4 rings (SSSR count). The molecule has 0 radical (unpaired) electrons. The van der Waals surface area contributed by atoms with Crippen LogP contribution in [-0.2, 0) is 16.6 Å². The van der Waals surface area contributed by atoms with Crippen LogP contribution >= 0.6 is 11.3 Å². The van der Waals surface area contributed by atoms with Crippen molar-refractivity contribution in [3.8, 4) is 16.2 Å². The van der Waals surface area contributed by atoms with Crippen molar-refractivity contribution in [1.82, 2.24) is 4.72 Å². The van der Waals surface area contributed by atoms with E-state index in [1.807, 2.05) is 24.3 Å². The molecule has 0 unspecified atom stereocenters. The number of halogens is 3. The van der Waals surface area contributed by atoms with Crippen molar-refractivity contribution in [1.29, 1.82) is 0 Å². The second kappa shape index (κ2) is 7.98. The summed E-state index contributed by atoms with van der Waals surface area (Å²) in [5.41, 5.74) is 2.11. The Morgan fingerprint density at radius 2 is 1.81 bits per heavy atom. The third kappa shape index (κ3) is 4.73. The predicted molar refractivity (Wildman–Crippen MR) is 110 cm³/mol. The minimum Gasteiger partial charge on any atom is -0.488 e. The SMILES string of the molecule is O=C(Nc1ccc(S(=O)(=O)NCC(F)(F)F)cc1)c1cc2c(s1)-c1ccccc1OC2. The number of benzene rings is 2. The van der Waals surface area contributed by atoms with Crippen molar-refractivity contribution in [3.05, 3.63) is 65.0 Å². The van der Waals surface area contributed by atoms with Gasteiger partial charge in [0.05, 0.1) is 9.77 Å². The first-order valence-corrected chi connectivity index (χ1v) is 11.3. The van der Waals surface area contributed by atoms with Crippen molar-refractivity contribution in [3.63, 3.8) is 0 Å². The Morgan fingerprint density at radius 3 is 2.52 bits per heavy atom. The summed E-state index contributed by atoms with van der Waals surface area (Å²) in [4.78, 5) is 13.7. The molecule has 2 heterocycles. The van der Waals surface area contributed by atoms with E-state index < -0.39 is 22.7 Å². The number of hydrogen-bond acceptors (Lipinski definition) is 5. The van der Waals surface area contributed by atoms with Crippen LogP contribution in [0.3, 0.4) is 0 Å². The molecule has 0 saturated carbocycles. The van der Waals surface area contributed by atoms with Gasteiger partial charge in [-0.2, -0.15) is 13.2 Å². The second-order valence-corrected chi connectivity index (χ2v) is 9.49. The van der Waals surface area contributed by atoms with Gasteiger partial charge in [-0.15, -0.1) is 11.3 Å². The first-order chi connectivity index (χ1) is 14.6. The fourth-order valence-corrected chi connectivity index (χ4v) is 5.09. The monoisotopic (exact) mass is 468 g/mol. The summed E-state index contributed by atoms with van der Waals surface area (Å²) in [5, 5.41) is 2.66. The minimum atomic E-state index is -4.66. The Morgan fingerprint density at radius 1 is 1.10 bits per heavy atom. The Labute approximate surface area is 179 Å². The summed E-state index contributed by atoms with van der Waals surface area (Å²) in [6.07, 6.45) is -4.66. The molecule has 2 aromatic carbocycles. The first-order valence-electron chi connectivity index (χ1n) is 8.95. The molecule has 0 bridgehead atoms. The van der Waals surface area contributed by atoms with Gasteiger partial charge in [0, 0.05) is 21.7 Å². The minimum absolute atomic E-state index is 0.308. The number of rotatable bonds is 5. The normalized spacial score (nSPS) is 13.1. The molecule has 6 nitrogen and oxygen atoms in total. The molecule has 0 atom stereocenters. The van der Waals surface area contributed by atoms with E-state index in [-0.39, 0.29) is 10.8 Å². The number of amides is 1. The fourth-order valence-electron chi connectivity index (χ4n) is 2.98. The van der Waals surface area contributed by atoms with Crippen LogP contribution in [0.5, 0.6) is 5.75 Å². The first kappa shape index (κ1) is 21.3. The molecular weight excluding hydrogens is 453 g/mol. The molecule has 162 valence electrons. The number of hydrogen-bond donors (Lipinski definition) is 2. The highest BCUT2D eigenvalue weighted by Gasteiger charge is 2.30. The van der Waals surface area contributed by atoms with Crippen molar-refractivity contribution in [2.24, 2.45) is 0 Å². The third-order valence-corrected chi connectivity index (χ3v) is 7.06. The van der Waals surface area contributed by atoms with Crippen LogP contribution in [0.25, 0.3) is 10.4 Å². The summed E-state index contributed by atoms with van der Waals surface area (Å²) in [6, 6.07) is 14.1. The standard InChI is InChI=1S/C20H15F3N2O4S2/c21-20(22,23)11-24-31(27,28)14-7-5-13(6-8-14)25-19(26)17-9-12-10-29-16-4-2-1-3-15(16)18(12)30-17/h1-9,24H,10-11H2,(H,25,26). The zero-order valence-electron chi connectivity index (χ0n) is 15.7. The van der Waals surface area contributed by atoms with Crippen molar-refractivity contribution < 1.29 is 31.1 Å². The maximum Gasteiger partial charge on any atom is 0.402 e. The van der Waals surface area contributed by atoms with E-state index >= 15 is 0 Å². The predicted octanol–water partition coefficient (Wildman–Crippen LogP) is 4.40.